The summed E-state index contributed by atoms with van der Waals surface area (Å²) in [5, 5.41) is 2.83. The number of nitrogens with zero attached hydrogens (tertiary/aromatic N) is 1. The minimum Gasteiger partial charge on any atom is -0.493 e. The molecule has 2 aromatic rings. The molecule has 1 atom stereocenters. The van der Waals surface area contributed by atoms with E-state index in [1.165, 1.54) is 44.6 Å². The molecule has 0 unspecified atom stereocenters. The molecular formula is C21H27FN2O5S. The largest absolute Gasteiger partial charge is 0.493 e. The second-order valence-corrected chi connectivity index (χ2v) is 8.77. The maximum absolute atomic E-state index is 14.2. The molecule has 0 aliphatic carbocycles. The quantitative estimate of drug-likeness (QED) is 0.649. The molecule has 0 heterocycles. The molecule has 2 rings (SSSR count). The van der Waals surface area contributed by atoms with Crippen molar-refractivity contribution >= 4 is 21.6 Å². The van der Waals surface area contributed by atoms with Gasteiger partial charge >= 0.3 is 0 Å². The fourth-order valence-electron chi connectivity index (χ4n) is 2.82. The summed E-state index contributed by atoms with van der Waals surface area (Å²) in [5.41, 5.74) is 0.319. The molecule has 9 heteroatoms. The smallest absolute Gasteiger partial charge is 0.253 e. The second-order valence-electron chi connectivity index (χ2n) is 6.87. The molecule has 0 spiro atoms. The van der Waals surface area contributed by atoms with Gasteiger partial charge in [0.25, 0.3) is 5.91 Å². The van der Waals surface area contributed by atoms with Crippen LogP contribution in [-0.4, -0.2) is 40.8 Å². The first-order chi connectivity index (χ1) is 14.1. The molecule has 0 aliphatic heterocycles. The molecule has 0 radical (unpaired) electrons. The van der Waals surface area contributed by atoms with Crippen LogP contribution in [0.1, 0.15) is 36.2 Å². The Balaban J connectivity index is 2.68. The van der Waals surface area contributed by atoms with Gasteiger partial charge in [-0.05, 0) is 25.5 Å². The van der Waals surface area contributed by atoms with Crippen LogP contribution in [-0.2, 0) is 16.6 Å². The highest BCUT2D eigenvalue weighted by Gasteiger charge is 2.27. The van der Waals surface area contributed by atoms with Crippen molar-refractivity contribution in [2.24, 2.45) is 0 Å². The predicted molar refractivity (Wildman–Crippen MR) is 114 cm³/mol. The number of benzene rings is 2. The lowest BCUT2D eigenvalue weighted by Crippen LogP contribution is -2.35. The first-order valence-electron chi connectivity index (χ1n) is 9.40. The number of carbonyl (C=O) groups excluding carboxylic acids is 1. The van der Waals surface area contributed by atoms with E-state index in [4.69, 9.17) is 9.47 Å². The highest BCUT2D eigenvalue weighted by molar-refractivity contribution is 7.92. The van der Waals surface area contributed by atoms with Gasteiger partial charge in [-0.15, -0.1) is 0 Å². The van der Waals surface area contributed by atoms with Crippen LogP contribution in [0.2, 0.25) is 0 Å². The zero-order valence-electron chi connectivity index (χ0n) is 17.7. The van der Waals surface area contributed by atoms with E-state index in [1.54, 1.807) is 6.07 Å². The minimum atomic E-state index is -3.88. The molecule has 1 N–H and O–H groups in total. The lowest BCUT2D eigenvalue weighted by molar-refractivity contribution is 0.0939. The molecule has 0 saturated carbocycles. The SMILES string of the molecule is CC[C@@H](C)NC(=O)c1cc(OC)c(OC)cc1N(Cc1ccccc1F)S(C)(=O)=O. The van der Waals surface area contributed by atoms with Crippen molar-refractivity contribution in [1.82, 2.24) is 5.32 Å². The van der Waals surface area contributed by atoms with Crippen LogP contribution in [0.15, 0.2) is 36.4 Å². The highest BCUT2D eigenvalue weighted by atomic mass is 32.2. The minimum absolute atomic E-state index is 0.0687. The molecule has 0 aromatic heterocycles. The summed E-state index contributed by atoms with van der Waals surface area (Å²) in [5.74, 6) is -0.496. The number of amides is 1. The van der Waals surface area contributed by atoms with Gasteiger partial charge in [0.15, 0.2) is 11.5 Å². The van der Waals surface area contributed by atoms with Gasteiger partial charge in [-0.2, -0.15) is 0 Å². The zero-order chi connectivity index (χ0) is 22.5. The Morgan fingerprint density at radius 1 is 1.17 bits per heavy atom. The van der Waals surface area contributed by atoms with Gasteiger partial charge in [0.1, 0.15) is 5.82 Å². The van der Waals surface area contributed by atoms with Crippen LogP contribution in [0.4, 0.5) is 10.1 Å². The summed E-state index contributed by atoms with van der Waals surface area (Å²) in [6.07, 6.45) is 1.69. The third kappa shape index (κ3) is 5.41. The second kappa shape index (κ2) is 9.80. The first kappa shape index (κ1) is 23.5. The van der Waals surface area contributed by atoms with Crippen LogP contribution in [0.5, 0.6) is 11.5 Å². The Bertz CT molecular complexity index is 1010. The van der Waals surface area contributed by atoms with E-state index < -0.39 is 21.7 Å². The topological polar surface area (TPSA) is 84.9 Å². The number of sulfonamides is 1. The number of carbonyl (C=O) groups is 1. The van der Waals surface area contributed by atoms with E-state index in [-0.39, 0.29) is 40.9 Å². The summed E-state index contributed by atoms with van der Waals surface area (Å²) in [4.78, 5) is 13.0. The van der Waals surface area contributed by atoms with E-state index in [1.807, 2.05) is 13.8 Å². The number of ether oxygens (including phenoxy) is 2. The predicted octanol–water partition coefficient (Wildman–Crippen LogP) is 3.34. The molecular weight excluding hydrogens is 411 g/mol. The van der Waals surface area contributed by atoms with Crippen molar-refractivity contribution in [2.45, 2.75) is 32.9 Å². The maximum atomic E-state index is 14.2. The summed E-state index contributed by atoms with van der Waals surface area (Å²) >= 11 is 0. The first-order valence-corrected chi connectivity index (χ1v) is 11.2. The molecule has 0 fully saturated rings. The summed E-state index contributed by atoms with van der Waals surface area (Å²) in [7, 11) is -1.05. The molecule has 0 saturated heterocycles. The lowest BCUT2D eigenvalue weighted by Gasteiger charge is -2.26. The van der Waals surface area contributed by atoms with Crippen molar-refractivity contribution < 1.29 is 27.1 Å². The number of rotatable bonds is 9. The molecule has 164 valence electrons. The van der Waals surface area contributed by atoms with Gasteiger partial charge in [-0.1, -0.05) is 25.1 Å². The van der Waals surface area contributed by atoms with Crippen LogP contribution in [0.3, 0.4) is 0 Å². The van der Waals surface area contributed by atoms with Crippen LogP contribution >= 0.6 is 0 Å². The Labute approximate surface area is 176 Å². The van der Waals surface area contributed by atoms with E-state index in [2.05, 4.69) is 5.32 Å². The summed E-state index contributed by atoms with van der Waals surface area (Å²) in [6, 6.07) is 8.58. The lowest BCUT2D eigenvalue weighted by atomic mass is 10.1. The van der Waals surface area contributed by atoms with E-state index in [0.717, 1.165) is 10.6 Å². The molecule has 30 heavy (non-hydrogen) atoms. The van der Waals surface area contributed by atoms with Crippen molar-refractivity contribution in [3.63, 3.8) is 0 Å². The number of anilines is 1. The normalized spacial score (nSPS) is 12.2. The van der Waals surface area contributed by atoms with Gasteiger partial charge in [-0.25, -0.2) is 12.8 Å². The monoisotopic (exact) mass is 438 g/mol. The Kier molecular flexibility index (Phi) is 7.66. The fourth-order valence-corrected chi connectivity index (χ4v) is 3.70. The number of halogens is 1. The van der Waals surface area contributed by atoms with Crippen LogP contribution in [0, 0.1) is 5.82 Å². The third-order valence-corrected chi connectivity index (χ3v) is 5.80. The van der Waals surface area contributed by atoms with E-state index >= 15 is 0 Å². The molecule has 1 amide bonds. The molecule has 0 aliphatic rings. The molecule has 0 bridgehead atoms. The van der Waals surface area contributed by atoms with Gasteiger partial charge in [0.2, 0.25) is 10.0 Å². The van der Waals surface area contributed by atoms with E-state index in [0.29, 0.717) is 6.42 Å². The van der Waals surface area contributed by atoms with Gasteiger partial charge in [-0.3, -0.25) is 9.10 Å². The van der Waals surface area contributed by atoms with Gasteiger partial charge in [0.05, 0.1) is 38.3 Å². The number of hydrogen-bond donors (Lipinski definition) is 1. The van der Waals surface area contributed by atoms with Crippen LogP contribution < -0.4 is 19.1 Å². The highest BCUT2D eigenvalue weighted by Crippen LogP contribution is 2.37. The van der Waals surface area contributed by atoms with Crippen molar-refractivity contribution in [1.29, 1.82) is 0 Å². The van der Waals surface area contributed by atoms with Crippen molar-refractivity contribution in [3.05, 3.63) is 53.3 Å². The number of hydrogen-bond acceptors (Lipinski definition) is 5. The number of methoxy groups -OCH3 is 2. The Morgan fingerprint density at radius 3 is 2.30 bits per heavy atom. The van der Waals surface area contributed by atoms with Gasteiger partial charge in [0, 0.05) is 17.7 Å². The average Bonchev–Trinajstić information content (AvgIpc) is 2.71. The summed E-state index contributed by atoms with van der Waals surface area (Å²) < 4.78 is 51.1. The summed E-state index contributed by atoms with van der Waals surface area (Å²) in [6.45, 7) is 3.47. The van der Waals surface area contributed by atoms with Crippen molar-refractivity contribution in [3.8, 4) is 11.5 Å². The molecule has 2 aromatic carbocycles. The zero-order valence-corrected chi connectivity index (χ0v) is 18.5. The number of nitrogens with one attached hydrogen (secondary N) is 1. The Hall–Kier alpha value is -2.81. The van der Waals surface area contributed by atoms with Crippen LogP contribution in [0.25, 0.3) is 0 Å². The molecule has 7 nitrogen and oxygen atoms in total. The van der Waals surface area contributed by atoms with Crippen molar-refractivity contribution in [2.75, 3.05) is 24.8 Å². The van der Waals surface area contributed by atoms with E-state index in [9.17, 15) is 17.6 Å². The third-order valence-electron chi connectivity index (χ3n) is 4.68. The Morgan fingerprint density at radius 2 is 1.77 bits per heavy atom. The fraction of sp³-hybridized carbons (Fsp3) is 0.381. The average molecular weight is 439 g/mol. The standard InChI is InChI=1S/C21H27FN2O5S/c1-6-14(2)23-21(25)16-11-19(28-3)20(29-4)12-18(16)24(30(5,26)27)13-15-9-7-8-10-17(15)22/h7-12,14H,6,13H2,1-5H3,(H,23,25)/t14-/m1/s1. The van der Waals surface area contributed by atoms with Gasteiger partial charge < -0.3 is 14.8 Å². The maximum Gasteiger partial charge on any atom is 0.253 e.